The molecule has 3 nitrogen and oxygen atoms in total. The molecule has 0 atom stereocenters. The Balaban J connectivity index is 0.00000200. The Labute approximate surface area is 125 Å². The Morgan fingerprint density at radius 2 is 2.10 bits per heavy atom. The zero-order valence-corrected chi connectivity index (χ0v) is 12.6. The fourth-order valence-electron chi connectivity index (χ4n) is 2.47. The molecule has 0 aromatic heterocycles. The van der Waals surface area contributed by atoms with E-state index in [-0.39, 0.29) is 30.0 Å². The van der Waals surface area contributed by atoms with Gasteiger partial charge in [0.1, 0.15) is 5.82 Å². The summed E-state index contributed by atoms with van der Waals surface area (Å²) in [5.41, 5.74) is 1.15. The SMILES string of the molecule is CCCNC(=O)c1ccc(C2CCNCC2)c(F)c1.Cl. The van der Waals surface area contributed by atoms with E-state index in [0.717, 1.165) is 37.9 Å². The van der Waals surface area contributed by atoms with Crippen LogP contribution in [-0.2, 0) is 0 Å². The van der Waals surface area contributed by atoms with Gasteiger partial charge < -0.3 is 10.6 Å². The van der Waals surface area contributed by atoms with Crippen LogP contribution in [0.4, 0.5) is 4.39 Å². The van der Waals surface area contributed by atoms with Crippen LogP contribution in [0.5, 0.6) is 0 Å². The largest absolute Gasteiger partial charge is 0.352 e. The number of halogens is 2. The molecule has 0 radical (unpaired) electrons. The van der Waals surface area contributed by atoms with E-state index in [1.54, 1.807) is 12.1 Å². The van der Waals surface area contributed by atoms with Crippen molar-refractivity contribution >= 4 is 18.3 Å². The number of piperidine rings is 1. The summed E-state index contributed by atoms with van der Waals surface area (Å²) < 4.78 is 14.1. The van der Waals surface area contributed by atoms with Crippen LogP contribution in [0.3, 0.4) is 0 Å². The summed E-state index contributed by atoms with van der Waals surface area (Å²) in [6.07, 6.45) is 2.79. The summed E-state index contributed by atoms with van der Waals surface area (Å²) in [5, 5.41) is 6.03. The van der Waals surface area contributed by atoms with Crippen molar-refractivity contribution in [3.63, 3.8) is 0 Å². The van der Waals surface area contributed by atoms with Crippen LogP contribution in [-0.4, -0.2) is 25.5 Å². The Morgan fingerprint density at radius 1 is 1.40 bits per heavy atom. The van der Waals surface area contributed by atoms with Crippen LogP contribution in [0, 0.1) is 5.82 Å². The van der Waals surface area contributed by atoms with E-state index < -0.39 is 0 Å². The minimum atomic E-state index is -0.254. The summed E-state index contributed by atoms with van der Waals surface area (Å²) in [7, 11) is 0. The highest BCUT2D eigenvalue weighted by molar-refractivity contribution is 5.94. The zero-order chi connectivity index (χ0) is 13.7. The summed E-state index contributed by atoms with van der Waals surface area (Å²) in [6, 6.07) is 4.86. The number of benzene rings is 1. The van der Waals surface area contributed by atoms with Gasteiger partial charge in [-0.25, -0.2) is 4.39 Å². The maximum absolute atomic E-state index is 14.1. The molecule has 1 aromatic rings. The highest BCUT2D eigenvalue weighted by Gasteiger charge is 2.19. The molecule has 2 rings (SSSR count). The molecule has 0 bridgehead atoms. The van der Waals surface area contributed by atoms with Gasteiger partial charge in [-0.15, -0.1) is 12.4 Å². The molecule has 1 amide bonds. The zero-order valence-electron chi connectivity index (χ0n) is 11.7. The predicted octanol–water partition coefficient (Wildman–Crippen LogP) is 2.85. The van der Waals surface area contributed by atoms with E-state index in [1.807, 2.05) is 6.92 Å². The molecule has 0 aliphatic carbocycles. The second-order valence-electron chi connectivity index (χ2n) is 5.02. The van der Waals surface area contributed by atoms with Gasteiger partial charge in [0.05, 0.1) is 0 Å². The lowest BCUT2D eigenvalue weighted by molar-refractivity contribution is 0.0953. The molecule has 2 N–H and O–H groups in total. The second kappa shape index (κ2) is 8.22. The fraction of sp³-hybridized carbons (Fsp3) is 0.533. The third-order valence-corrected chi connectivity index (χ3v) is 3.58. The highest BCUT2D eigenvalue weighted by atomic mass is 35.5. The second-order valence-corrected chi connectivity index (χ2v) is 5.02. The van der Waals surface area contributed by atoms with Gasteiger partial charge in [-0.3, -0.25) is 4.79 Å². The smallest absolute Gasteiger partial charge is 0.251 e. The van der Waals surface area contributed by atoms with Gasteiger partial charge in [-0.1, -0.05) is 13.0 Å². The molecule has 1 aliphatic heterocycles. The quantitative estimate of drug-likeness (QED) is 0.898. The summed E-state index contributed by atoms with van der Waals surface area (Å²) in [5.74, 6) is -0.178. The molecule has 1 aromatic carbocycles. The van der Waals surface area contributed by atoms with Gasteiger partial charge in [0, 0.05) is 12.1 Å². The van der Waals surface area contributed by atoms with Gasteiger partial charge in [0.15, 0.2) is 0 Å². The molecule has 1 saturated heterocycles. The number of hydrogen-bond donors (Lipinski definition) is 2. The Morgan fingerprint density at radius 3 is 2.70 bits per heavy atom. The lowest BCUT2D eigenvalue weighted by Crippen LogP contribution is -2.27. The van der Waals surface area contributed by atoms with Crippen LogP contribution in [0.1, 0.15) is 48.0 Å². The molecule has 112 valence electrons. The molecule has 1 heterocycles. The van der Waals surface area contributed by atoms with Crippen molar-refractivity contribution in [2.75, 3.05) is 19.6 Å². The van der Waals surface area contributed by atoms with Crippen molar-refractivity contribution in [2.24, 2.45) is 0 Å². The molecule has 0 spiro atoms. The van der Waals surface area contributed by atoms with Gasteiger partial charge in [0.2, 0.25) is 0 Å². The first-order valence-corrected chi connectivity index (χ1v) is 7.00. The van der Waals surface area contributed by atoms with Crippen LogP contribution >= 0.6 is 12.4 Å². The molecular weight excluding hydrogens is 279 g/mol. The summed E-state index contributed by atoms with van der Waals surface area (Å²) in [6.45, 7) is 4.48. The maximum atomic E-state index is 14.1. The van der Waals surface area contributed by atoms with Crippen molar-refractivity contribution in [2.45, 2.75) is 32.1 Å². The Bertz CT molecular complexity index is 447. The number of nitrogens with one attached hydrogen (secondary N) is 2. The number of amides is 1. The minimum Gasteiger partial charge on any atom is -0.352 e. The van der Waals surface area contributed by atoms with E-state index in [0.29, 0.717) is 12.1 Å². The maximum Gasteiger partial charge on any atom is 0.251 e. The lowest BCUT2D eigenvalue weighted by atomic mass is 9.89. The lowest BCUT2D eigenvalue weighted by Gasteiger charge is -2.23. The van der Waals surface area contributed by atoms with E-state index >= 15 is 0 Å². The van der Waals surface area contributed by atoms with E-state index in [9.17, 15) is 9.18 Å². The van der Waals surface area contributed by atoms with Gasteiger partial charge in [-0.2, -0.15) is 0 Å². The summed E-state index contributed by atoms with van der Waals surface area (Å²) >= 11 is 0. The molecular formula is C15H22ClFN2O. The summed E-state index contributed by atoms with van der Waals surface area (Å²) in [4.78, 5) is 11.8. The van der Waals surface area contributed by atoms with E-state index in [2.05, 4.69) is 10.6 Å². The van der Waals surface area contributed by atoms with Gasteiger partial charge in [-0.05, 0) is 56.0 Å². The Hall–Kier alpha value is -1.13. The first-order valence-electron chi connectivity index (χ1n) is 7.00. The Kier molecular flexibility index (Phi) is 6.96. The van der Waals surface area contributed by atoms with Crippen LogP contribution < -0.4 is 10.6 Å². The first kappa shape index (κ1) is 16.9. The number of carbonyl (C=O) groups excluding carboxylic acids is 1. The van der Waals surface area contributed by atoms with Crippen LogP contribution in [0.25, 0.3) is 0 Å². The average molecular weight is 301 g/mol. The van der Waals surface area contributed by atoms with Crippen LogP contribution in [0.15, 0.2) is 18.2 Å². The molecule has 20 heavy (non-hydrogen) atoms. The molecule has 1 aliphatic rings. The monoisotopic (exact) mass is 300 g/mol. The molecule has 1 fully saturated rings. The van der Waals surface area contributed by atoms with Crippen LogP contribution in [0.2, 0.25) is 0 Å². The van der Waals surface area contributed by atoms with Crippen molar-refractivity contribution in [3.8, 4) is 0 Å². The van der Waals surface area contributed by atoms with Crippen molar-refractivity contribution in [1.29, 1.82) is 0 Å². The third-order valence-electron chi connectivity index (χ3n) is 3.58. The topological polar surface area (TPSA) is 41.1 Å². The minimum absolute atomic E-state index is 0. The number of rotatable bonds is 4. The molecule has 0 saturated carbocycles. The standard InChI is InChI=1S/C15H21FN2O.ClH/c1-2-7-18-15(19)12-3-4-13(14(16)10-12)11-5-8-17-9-6-11;/h3-4,10-11,17H,2,5-9H2,1H3,(H,18,19);1H. The highest BCUT2D eigenvalue weighted by Crippen LogP contribution is 2.27. The van der Waals surface area contributed by atoms with E-state index in [1.165, 1.54) is 6.07 Å². The fourth-order valence-corrected chi connectivity index (χ4v) is 2.47. The predicted molar refractivity (Wildman–Crippen MR) is 81.1 cm³/mol. The average Bonchev–Trinajstić information content (AvgIpc) is 2.45. The van der Waals surface area contributed by atoms with Gasteiger partial charge in [0.25, 0.3) is 5.91 Å². The first-order chi connectivity index (χ1) is 9.22. The number of hydrogen-bond acceptors (Lipinski definition) is 2. The normalized spacial score (nSPS) is 15.5. The molecule has 5 heteroatoms. The van der Waals surface area contributed by atoms with E-state index in [4.69, 9.17) is 0 Å². The molecule has 0 unspecified atom stereocenters. The van der Waals surface area contributed by atoms with Crippen molar-refractivity contribution in [1.82, 2.24) is 10.6 Å². The van der Waals surface area contributed by atoms with Crippen molar-refractivity contribution < 1.29 is 9.18 Å². The van der Waals surface area contributed by atoms with Crippen molar-refractivity contribution in [3.05, 3.63) is 35.1 Å². The number of carbonyl (C=O) groups is 1. The third kappa shape index (κ3) is 4.18. The van der Waals surface area contributed by atoms with Gasteiger partial charge >= 0.3 is 0 Å².